The number of nitrogens with zero attached hydrogens (tertiary/aromatic N) is 2. The standard InChI is InChI=1S/C19H17F3N2O5/c1-16-7-18(28,8-25)17(2,29-16)13-12(16)14(26)24(15(13)27)10-4-3-9(6-23)11(5-10)19(20,21)22/h3-5,12-13,25,28H,7-8H2,1-2H3/t12-,13+,16?,17?,18-/m0/s1. The molecule has 2 bridgehead atoms. The van der Waals surface area contributed by atoms with Gasteiger partial charge in [0, 0.05) is 6.42 Å². The normalized spacial score (nSPS) is 38.5. The number of ether oxygens (including phenoxy) is 1. The summed E-state index contributed by atoms with van der Waals surface area (Å²) in [7, 11) is 0. The third-order valence-corrected chi connectivity index (χ3v) is 6.52. The van der Waals surface area contributed by atoms with Crippen LogP contribution in [0.25, 0.3) is 0 Å². The average Bonchev–Trinajstić information content (AvgIpc) is 3.13. The Morgan fingerprint density at radius 1 is 1.28 bits per heavy atom. The number of hydrogen-bond acceptors (Lipinski definition) is 6. The van der Waals surface area contributed by atoms with E-state index in [4.69, 9.17) is 10.00 Å². The van der Waals surface area contributed by atoms with E-state index >= 15 is 0 Å². The highest BCUT2D eigenvalue weighted by atomic mass is 19.4. The number of imide groups is 1. The van der Waals surface area contributed by atoms with E-state index < -0.39 is 64.4 Å². The van der Waals surface area contributed by atoms with Crippen LogP contribution in [-0.2, 0) is 20.5 Å². The van der Waals surface area contributed by atoms with Crippen molar-refractivity contribution >= 4 is 17.5 Å². The van der Waals surface area contributed by atoms with Crippen LogP contribution in [0, 0.1) is 23.2 Å². The van der Waals surface area contributed by atoms with Crippen molar-refractivity contribution in [3.8, 4) is 6.07 Å². The molecule has 3 aliphatic heterocycles. The zero-order chi connectivity index (χ0) is 21.6. The molecule has 2 unspecified atom stereocenters. The Morgan fingerprint density at radius 2 is 1.90 bits per heavy atom. The van der Waals surface area contributed by atoms with E-state index in [-0.39, 0.29) is 12.1 Å². The number of rotatable bonds is 2. The predicted molar refractivity (Wildman–Crippen MR) is 90.2 cm³/mol. The highest BCUT2D eigenvalue weighted by molar-refractivity contribution is 6.23. The molecule has 2 amide bonds. The quantitative estimate of drug-likeness (QED) is 0.713. The molecule has 0 aromatic heterocycles. The van der Waals surface area contributed by atoms with Crippen LogP contribution in [0.1, 0.15) is 31.4 Å². The summed E-state index contributed by atoms with van der Waals surface area (Å²) in [6.45, 7) is 2.27. The lowest BCUT2D eigenvalue weighted by Gasteiger charge is -2.41. The molecular formula is C19H17F3N2O5. The van der Waals surface area contributed by atoms with E-state index in [2.05, 4.69) is 0 Å². The molecule has 1 aromatic carbocycles. The zero-order valence-corrected chi connectivity index (χ0v) is 15.4. The summed E-state index contributed by atoms with van der Waals surface area (Å²) < 4.78 is 45.8. The van der Waals surface area contributed by atoms with E-state index in [1.165, 1.54) is 19.9 Å². The summed E-state index contributed by atoms with van der Waals surface area (Å²) in [5, 5.41) is 29.4. The van der Waals surface area contributed by atoms with Crippen molar-refractivity contribution in [1.82, 2.24) is 0 Å². The number of hydrogen-bond donors (Lipinski definition) is 2. The maximum absolute atomic E-state index is 13.3. The average molecular weight is 410 g/mol. The SMILES string of the molecule is CC12C[C@](O)(CO)C(C)(O1)[C@H]1C(=O)N(c3ccc(C#N)c(C(F)(F)F)c3)C(=O)[C@H]12. The highest BCUT2D eigenvalue weighted by Gasteiger charge is 2.80. The summed E-state index contributed by atoms with van der Waals surface area (Å²) in [5.74, 6) is -3.70. The number of aliphatic hydroxyl groups is 2. The minimum Gasteiger partial charge on any atom is -0.393 e. The first-order chi connectivity index (χ1) is 13.3. The third-order valence-electron chi connectivity index (χ3n) is 6.52. The van der Waals surface area contributed by atoms with Crippen molar-refractivity contribution in [1.29, 1.82) is 5.26 Å². The molecule has 0 spiro atoms. The first-order valence-corrected chi connectivity index (χ1v) is 8.85. The summed E-state index contributed by atoms with van der Waals surface area (Å²) in [6.07, 6.45) is -4.94. The van der Waals surface area contributed by atoms with Crippen LogP contribution in [0.5, 0.6) is 0 Å². The highest BCUT2D eigenvalue weighted by Crippen LogP contribution is 2.64. The van der Waals surface area contributed by atoms with Gasteiger partial charge in [0.05, 0.1) is 46.9 Å². The number of fused-ring (bicyclic) bond motifs is 5. The monoisotopic (exact) mass is 410 g/mol. The van der Waals surface area contributed by atoms with Crippen molar-refractivity contribution in [2.24, 2.45) is 11.8 Å². The van der Waals surface area contributed by atoms with Crippen LogP contribution in [0.15, 0.2) is 18.2 Å². The molecular weight excluding hydrogens is 393 g/mol. The minimum atomic E-state index is -4.85. The molecule has 3 fully saturated rings. The summed E-state index contributed by atoms with van der Waals surface area (Å²) in [4.78, 5) is 26.9. The van der Waals surface area contributed by atoms with Crippen LogP contribution < -0.4 is 4.90 Å². The smallest absolute Gasteiger partial charge is 0.393 e. The molecule has 3 aliphatic rings. The Bertz CT molecular complexity index is 989. The number of nitriles is 1. The predicted octanol–water partition coefficient (Wildman–Crippen LogP) is 1.36. The molecule has 4 rings (SSSR count). The number of amides is 2. The number of alkyl halides is 3. The van der Waals surface area contributed by atoms with Crippen molar-refractivity contribution in [2.45, 2.75) is 43.2 Å². The molecule has 0 radical (unpaired) electrons. The van der Waals surface area contributed by atoms with Gasteiger partial charge in [0.1, 0.15) is 11.2 Å². The van der Waals surface area contributed by atoms with Gasteiger partial charge in [-0.1, -0.05) is 0 Å². The van der Waals surface area contributed by atoms with E-state index in [0.717, 1.165) is 12.1 Å². The second-order valence-electron chi connectivity index (χ2n) is 8.19. The minimum absolute atomic E-state index is 0.0950. The van der Waals surface area contributed by atoms with Gasteiger partial charge in [0.25, 0.3) is 0 Å². The fourth-order valence-corrected chi connectivity index (χ4v) is 5.21. The number of anilines is 1. The molecule has 154 valence electrons. The van der Waals surface area contributed by atoms with Crippen LogP contribution in [0.2, 0.25) is 0 Å². The summed E-state index contributed by atoms with van der Waals surface area (Å²) in [5.41, 5.74) is -6.77. The van der Waals surface area contributed by atoms with Gasteiger partial charge >= 0.3 is 6.18 Å². The number of halogens is 3. The third kappa shape index (κ3) is 2.29. The number of aliphatic hydroxyl groups excluding tert-OH is 1. The molecule has 2 N–H and O–H groups in total. The first-order valence-electron chi connectivity index (χ1n) is 8.85. The molecule has 3 saturated heterocycles. The largest absolute Gasteiger partial charge is 0.417 e. The molecule has 1 aromatic rings. The Labute approximate surface area is 163 Å². The summed E-state index contributed by atoms with van der Waals surface area (Å²) >= 11 is 0. The molecule has 0 aliphatic carbocycles. The van der Waals surface area contributed by atoms with Crippen LogP contribution in [0.4, 0.5) is 18.9 Å². The fraction of sp³-hybridized carbons (Fsp3) is 0.526. The Hall–Kier alpha value is -2.48. The maximum Gasteiger partial charge on any atom is 0.417 e. The summed E-state index contributed by atoms with van der Waals surface area (Å²) in [6, 6.07) is 4.06. The lowest BCUT2D eigenvalue weighted by molar-refractivity contribution is -0.157. The van der Waals surface area contributed by atoms with Gasteiger partial charge < -0.3 is 14.9 Å². The van der Waals surface area contributed by atoms with Crippen molar-refractivity contribution in [3.05, 3.63) is 29.3 Å². The molecule has 3 heterocycles. The van der Waals surface area contributed by atoms with Gasteiger partial charge in [0.15, 0.2) is 0 Å². The van der Waals surface area contributed by atoms with E-state index in [1.54, 1.807) is 0 Å². The topological polar surface area (TPSA) is 111 Å². The lowest BCUT2D eigenvalue weighted by atomic mass is 9.61. The Morgan fingerprint density at radius 3 is 2.45 bits per heavy atom. The van der Waals surface area contributed by atoms with Gasteiger partial charge in [-0.2, -0.15) is 18.4 Å². The van der Waals surface area contributed by atoms with Crippen LogP contribution >= 0.6 is 0 Å². The molecule has 5 atom stereocenters. The second-order valence-corrected chi connectivity index (χ2v) is 8.19. The second kappa shape index (κ2) is 5.56. The molecule has 10 heteroatoms. The van der Waals surface area contributed by atoms with Crippen molar-refractivity contribution in [3.63, 3.8) is 0 Å². The van der Waals surface area contributed by atoms with Crippen molar-refractivity contribution in [2.75, 3.05) is 11.5 Å². The Balaban J connectivity index is 1.82. The number of carbonyl (C=O) groups excluding carboxylic acids is 2. The van der Waals surface area contributed by atoms with Gasteiger partial charge in [0.2, 0.25) is 11.8 Å². The van der Waals surface area contributed by atoms with Gasteiger partial charge in [-0.05, 0) is 32.0 Å². The van der Waals surface area contributed by atoms with E-state index in [9.17, 15) is 33.0 Å². The van der Waals surface area contributed by atoms with Crippen LogP contribution in [-0.4, -0.2) is 45.4 Å². The van der Waals surface area contributed by atoms with Gasteiger partial charge in [-0.25, -0.2) is 4.90 Å². The fourth-order valence-electron chi connectivity index (χ4n) is 5.21. The Kier molecular flexibility index (Phi) is 3.80. The molecule has 29 heavy (non-hydrogen) atoms. The van der Waals surface area contributed by atoms with Crippen LogP contribution in [0.3, 0.4) is 0 Å². The first kappa shape index (κ1) is 19.8. The van der Waals surface area contributed by atoms with E-state index in [1.807, 2.05) is 0 Å². The number of benzene rings is 1. The van der Waals surface area contributed by atoms with E-state index in [0.29, 0.717) is 11.0 Å². The van der Waals surface area contributed by atoms with Gasteiger partial charge in [-0.3, -0.25) is 9.59 Å². The molecule has 7 nitrogen and oxygen atoms in total. The maximum atomic E-state index is 13.3. The lowest BCUT2D eigenvalue weighted by Crippen LogP contribution is -2.60. The number of carbonyl (C=O) groups is 2. The zero-order valence-electron chi connectivity index (χ0n) is 15.4. The van der Waals surface area contributed by atoms with Crippen molar-refractivity contribution < 1.29 is 37.7 Å². The molecule has 0 saturated carbocycles. The van der Waals surface area contributed by atoms with Gasteiger partial charge in [-0.15, -0.1) is 0 Å².